The Kier molecular flexibility index (Phi) is 3.23. The molecule has 0 saturated carbocycles. The second-order valence-corrected chi connectivity index (χ2v) is 4.91. The number of ether oxygens (including phenoxy) is 1. The van der Waals surface area contributed by atoms with Crippen LogP contribution in [0.5, 0.6) is 0 Å². The second-order valence-electron chi connectivity index (χ2n) is 4.91. The average Bonchev–Trinajstić information content (AvgIpc) is 2.95. The van der Waals surface area contributed by atoms with E-state index >= 15 is 0 Å². The van der Waals surface area contributed by atoms with Crippen molar-refractivity contribution >= 4 is 22.6 Å². The Balaban J connectivity index is 2.00. The van der Waals surface area contributed by atoms with Crippen LogP contribution in [-0.4, -0.2) is 47.6 Å². The topological polar surface area (TPSA) is 75.5 Å². The lowest BCUT2D eigenvalue weighted by Crippen LogP contribution is -2.41. The van der Waals surface area contributed by atoms with Gasteiger partial charge in [0.05, 0.1) is 36.7 Å². The molecular weight excluding hydrogens is 258 g/mol. The Labute approximate surface area is 116 Å². The molecule has 0 amide bonds. The fraction of sp³-hybridized carbons (Fsp3) is 0.357. The summed E-state index contributed by atoms with van der Waals surface area (Å²) in [5.74, 6) is -1.35. The van der Waals surface area contributed by atoms with Crippen LogP contribution >= 0.6 is 0 Å². The molecular formula is C14H15N3O3. The van der Waals surface area contributed by atoms with Crippen LogP contribution in [0.3, 0.4) is 0 Å². The molecule has 6 heteroatoms. The zero-order valence-corrected chi connectivity index (χ0v) is 11.1. The van der Waals surface area contributed by atoms with Gasteiger partial charge in [-0.25, -0.2) is 0 Å². The van der Waals surface area contributed by atoms with Gasteiger partial charge < -0.3 is 14.7 Å². The third-order valence-electron chi connectivity index (χ3n) is 3.77. The van der Waals surface area contributed by atoms with Gasteiger partial charge in [0, 0.05) is 12.4 Å². The number of aliphatic carboxylic acids is 1. The minimum atomic E-state index is -0.828. The van der Waals surface area contributed by atoms with E-state index in [1.54, 1.807) is 6.20 Å². The zero-order chi connectivity index (χ0) is 14.1. The number of aromatic nitrogens is 2. The number of carbonyl (C=O) groups is 1. The molecule has 2 atom stereocenters. The minimum Gasteiger partial charge on any atom is -0.481 e. The largest absolute Gasteiger partial charge is 0.481 e. The van der Waals surface area contributed by atoms with Crippen molar-refractivity contribution in [2.75, 3.05) is 25.2 Å². The second kappa shape index (κ2) is 5.05. The summed E-state index contributed by atoms with van der Waals surface area (Å²) in [5, 5.41) is 18.3. The number of likely N-dealkylation sites (N-methyl/N-ethyl adjacent to an activating group) is 1. The molecule has 1 aliphatic rings. The highest BCUT2D eigenvalue weighted by Gasteiger charge is 2.37. The molecule has 2 aromatic rings. The molecule has 1 N–H and O–H groups in total. The number of nitrogens with zero attached hydrogens (tertiary/aromatic N) is 3. The number of benzene rings is 1. The van der Waals surface area contributed by atoms with E-state index in [9.17, 15) is 9.90 Å². The molecule has 6 nitrogen and oxygen atoms in total. The van der Waals surface area contributed by atoms with Crippen molar-refractivity contribution in [3.05, 3.63) is 30.5 Å². The van der Waals surface area contributed by atoms with Crippen molar-refractivity contribution in [3.8, 4) is 0 Å². The number of fused-ring (bicyclic) bond motifs is 1. The summed E-state index contributed by atoms with van der Waals surface area (Å²) in [6.45, 7) is 0.658. The van der Waals surface area contributed by atoms with Crippen LogP contribution in [0.25, 0.3) is 10.9 Å². The molecule has 1 saturated heterocycles. The Morgan fingerprint density at radius 2 is 2.20 bits per heavy atom. The molecule has 0 spiro atoms. The number of carboxylic acids is 1. The molecule has 1 fully saturated rings. The highest BCUT2D eigenvalue weighted by atomic mass is 16.5. The minimum absolute atomic E-state index is 0.194. The average molecular weight is 273 g/mol. The maximum absolute atomic E-state index is 11.3. The lowest BCUT2D eigenvalue weighted by molar-refractivity contribution is -0.141. The number of hydrogen-bond donors (Lipinski definition) is 1. The van der Waals surface area contributed by atoms with E-state index in [4.69, 9.17) is 4.74 Å². The first-order chi connectivity index (χ1) is 9.68. The molecule has 2 unspecified atom stereocenters. The molecule has 0 aliphatic carbocycles. The number of hydrogen-bond acceptors (Lipinski definition) is 5. The number of carboxylic acid groups (broad SMARTS) is 1. The van der Waals surface area contributed by atoms with Crippen LogP contribution in [0.2, 0.25) is 0 Å². The van der Waals surface area contributed by atoms with Crippen LogP contribution in [0.15, 0.2) is 30.5 Å². The normalized spacial score (nSPS) is 22.1. The van der Waals surface area contributed by atoms with E-state index in [2.05, 4.69) is 10.2 Å². The van der Waals surface area contributed by atoms with E-state index in [-0.39, 0.29) is 12.6 Å². The number of anilines is 1. The van der Waals surface area contributed by atoms with Gasteiger partial charge in [0.15, 0.2) is 0 Å². The maximum Gasteiger partial charge on any atom is 0.311 e. The zero-order valence-electron chi connectivity index (χ0n) is 11.1. The summed E-state index contributed by atoms with van der Waals surface area (Å²) in [6.07, 6.45) is 1.67. The van der Waals surface area contributed by atoms with Gasteiger partial charge >= 0.3 is 5.97 Å². The van der Waals surface area contributed by atoms with Crippen molar-refractivity contribution in [1.82, 2.24) is 10.2 Å². The van der Waals surface area contributed by atoms with E-state index in [1.807, 2.05) is 36.2 Å². The lowest BCUT2D eigenvalue weighted by Gasteiger charge is -2.28. The smallest absolute Gasteiger partial charge is 0.311 e. The van der Waals surface area contributed by atoms with Crippen LogP contribution in [0.1, 0.15) is 0 Å². The van der Waals surface area contributed by atoms with Crippen molar-refractivity contribution in [1.29, 1.82) is 0 Å². The monoisotopic (exact) mass is 273 g/mol. The Hall–Kier alpha value is -2.21. The fourth-order valence-electron chi connectivity index (χ4n) is 2.61. The first kappa shape index (κ1) is 12.8. The van der Waals surface area contributed by atoms with Gasteiger partial charge in [-0.2, -0.15) is 10.2 Å². The van der Waals surface area contributed by atoms with Gasteiger partial charge in [-0.1, -0.05) is 18.2 Å². The van der Waals surface area contributed by atoms with E-state index in [0.29, 0.717) is 6.61 Å². The first-order valence-corrected chi connectivity index (χ1v) is 6.42. The van der Waals surface area contributed by atoms with Gasteiger partial charge in [-0.05, 0) is 6.07 Å². The fourth-order valence-corrected chi connectivity index (χ4v) is 2.61. The summed E-state index contributed by atoms with van der Waals surface area (Å²) in [4.78, 5) is 13.2. The SMILES string of the molecule is CN(c1cnnc2ccccc12)C1COCC1C(=O)O. The number of rotatable bonds is 3. The molecule has 1 aromatic heterocycles. The van der Waals surface area contributed by atoms with E-state index < -0.39 is 11.9 Å². The standard InChI is InChI=1S/C14H15N3O3/c1-17(13-8-20-7-10(13)14(18)19)12-6-15-16-11-5-3-2-4-9(11)12/h2-6,10,13H,7-8H2,1H3,(H,18,19). The van der Waals surface area contributed by atoms with Gasteiger partial charge in [-0.3, -0.25) is 4.79 Å². The quantitative estimate of drug-likeness (QED) is 0.904. The van der Waals surface area contributed by atoms with Gasteiger partial charge in [0.25, 0.3) is 0 Å². The van der Waals surface area contributed by atoms with Gasteiger partial charge in [0.1, 0.15) is 5.92 Å². The first-order valence-electron chi connectivity index (χ1n) is 6.42. The Bertz CT molecular complexity index is 641. The maximum atomic E-state index is 11.3. The molecule has 2 heterocycles. The van der Waals surface area contributed by atoms with Crippen molar-refractivity contribution < 1.29 is 14.6 Å². The van der Waals surface area contributed by atoms with Crippen molar-refractivity contribution in [2.24, 2.45) is 5.92 Å². The Morgan fingerprint density at radius 3 is 3.00 bits per heavy atom. The van der Waals surface area contributed by atoms with Crippen LogP contribution < -0.4 is 4.90 Å². The summed E-state index contributed by atoms with van der Waals surface area (Å²) >= 11 is 0. The molecule has 3 rings (SSSR count). The van der Waals surface area contributed by atoms with Gasteiger partial charge in [-0.15, -0.1) is 0 Å². The third kappa shape index (κ3) is 2.08. The molecule has 1 aromatic carbocycles. The summed E-state index contributed by atoms with van der Waals surface area (Å²) in [6, 6.07) is 7.49. The summed E-state index contributed by atoms with van der Waals surface area (Å²) in [7, 11) is 1.87. The predicted molar refractivity (Wildman–Crippen MR) is 73.7 cm³/mol. The van der Waals surface area contributed by atoms with Crippen LogP contribution in [0.4, 0.5) is 5.69 Å². The third-order valence-corrected chi connectivity index (χ3v) is 3.77. The van der Waals surface area contributed by atoms with Crippen LogP contribution in [-0.2, 0) is 9.53 Å². The highest BCUT2D eigenvalue weighted by Crippen LogP contribution is 2.29. The lowest BCUT2D eigenvalue weighted by atomic mass is 10.0. The molecule has 0 bridgehead atoms. The predicted octanol–water partition coefficient (Wildman–Crippen LogP) is 1.17. The van der Waals surface area contributed by atoms with Gasteiger partial charge in [0.2, 0.25) is 0 Å². The van der Waals surface area contributed by atoms with E-state index in [1.165, 1.54) is 0 Å². The summed E-state index contributed by atoms with van der Waals surface area (Å²) in [5.41, 5.74) is 1.67. The molecule has 104 valence electrons. The summed E-state index contributed by atoms with van der Waals surface area (Å²) < 4.78 is 5.33. The van der Waals surface area contributed by atoms with Crippen molar-refractivity contribution in [2.45, 2.75) is 6.04 Å². The van der Waals surface area contributed by atoms with E-state index in [0.717, 1.165) is 16.6 Å². The molecule has 20 heavy (non-hydrogen) atoms. The Morgan fingerprint density at radius 1 is 1.40 bits per heavy atom. The highest BCUT2D eigenvalue weighted by molar-refractivity contribution is 5.91. The molecule has 0 radical (unpaired) electrons. The molecule has 1 aliphatic heterocycles. The van der Waals surface area contributed by atoms with Crippen LogP contribution in [0, 0.1) is 5.92 Å². The van der Waals surface area contributed by atoms with Crippen molar-refractivity contribution in [3.63, 3.8) is 0 Å².